The summed E-state index contributed by atoms with van der Waals surface area (Å²) in [6.07, 6.45) is 3.63. The Labute approximate surface area is 148 Å². The smallest absolute Gasteiger partial charge is 0.126 e. The molecule has 1 N–H and O–H groups in total. The molecule has 0 aromatic heterocycles. The average molecular weight is 333 g/mol. The van der Waals surface area contributed by atoms with Gasteiger partial charge in [-0.15, -0.1) is 0 Å². The molecule has 136 valence electrons. The Hall–Kier alpha value is -1.06. The van der Waals surface area contributed by atoms with Gasteiger partial charge in [0.1, 0.15) is 5.75 Å². The lowest BCUT2D eigenvalue weighted by Gasteiger charge is -2.21. The van der Waals surface area contributed by atoms with E-state index in [0.717, 1.165) is 25.3 Å². The minimum Gasteiger partial charge on any atom is -0.493 e. The predicted molar refractivity (Wildman–Crippen MR) is 103 cm³/mol. The molecule has 0 atom stereocenters. The largest absolute Gasteiger partial charge is 0.493 e. The van der Waals surface area contributed by atoms with Gasteiger partial charge in [-0.05, 0) is 61.9 Å². The second-order valence-electron chi connectivity index (χ2n) is 7.58. The van der Waals surface area contributed by atoms with Crippen molar-refractivity contribution in [1.29, 1.82) is 0 Å². The summed E-state index contributed by atoms with van der Waals surface area (Å²) in [4.78, 5) is 2.58. The number of rotatable bonds is 8. The second-order valence-corrected chi connectivity index (χ2v) is 7.58. The molecule has 1 aliphatic heterocycles. The van der Waals surface area contributed by atoms with Crippen molar-refractivity contribution in [3.63, 3.8) is 0 Å². The number of ether oxygens (including phenoxy) is 1. The van der Waals surface area contributed by atoms with Crippen LogP contribution in [0.5, 0.6) is 5.75 Å². The molecular weight excluding hydrogens is 296 g/mol. The summed E-state index contributed by atoms with van der Waals surface area (Å²) in [5, 5.41) is 3.47. The lowest BCUT2D eigenvalue weighted by Crippen LogP contribution is -2.29. The van der Waals surface area contributed by atoms with E-state index in [-0.39, 0.29) is 0 Å². The van der Waals surface area contributed by atoms with Gasteiger partial charge in [-0.2, -0.15) is 0 Å². The third-order valence-electron chi connectivity index (χ3n) is 4.87. The fourth-order valence-corrected chi connectivity index (χ4v) is 3.39. The van der Waals surface area contributed by atoms with Crippen LogP contribution in [0.25, 0.3) is 0 Å². The van der Waals surface area contributed by atoms with Gasteiger partial charge >= 0.3 is 0 Å². The summed E-state index contributed by atoms with van der Waals surface area (Å²) in [6, 6.07) is 6.61. The molecule has 0 amide bonds. The Morgan fingerprint density at radius 1 is 1.00 bits per heavy atom. The van der Waals surface area contributed by atoms with Crippen LogP contribution in [-0.2, 0) is 0 Å². The molecule has 3 nitrogen and oxygen atoms in total. The normalized spacial score (nSPS) is 16.6. The number of para-hydroxylation sites is 1. The van der Waals surface area contributed by atoms with Crippen molar-refractivity contribution in [2.45, 2.75) is 58.8 Å². The summed E-state index contributed by atoms with van der Waals surface area (Å²) in [7, 11) is 0. The van der Waals surface area contributed by atoms with Crippen molar-refractivity contribution >= 4 is 0 Å². The molecule has 1 aromatic rings. The Morgan fingerprint density at radius 2 is 1.71 bits per heavy atom. The molecule has 0 spiro atoms. The van der Waals surface area contributed by atoms with Crippen LogP contribution in [0.4, 0.5) is 0 Å². The number of benzene rings is 1. The highest BCUT2D eigenvalue weighted by Gasteiger charge is 2.15. The predicted octanol–water partition coefficient (Wildman–Crippen LogP) is 4.39. The molecule has 1 aliphatic rings. The van der Waals surface area contributed by atoms with Crippen molar-refractivity contribution in [2.24, 2.45) is 0 Å². The lowest BCUT2D eigenvalue weighted by molar-refractivity contribution is 0.258. The summed E-state index contributed by atoms with van der Waals surface area (Å²) in [5.41, 5.74) is 2.69. The highest BCUT2D eigenvalue weighted by atomic mass is 16.5. The molecule has 24 heavy (non-hydrogen) atoms. The monoisotopic (exact) mass is 332 g/mol. The van der Waals surface area contributed by atoms with Gasteiger partial charge in [0.25, 0.3) is 0 Å². The zero-order valence-corrected chi connectivity index (χ0v) is 16.1. The van der Waals surface area contributed by atoms with E-state index in [4.69, 9.17) is 4.74 Å². The van der Waals surface area contributed by atoms with Crippen LogP contribution in [0.15, 0.2) is 18.2 Å². The van der Waals surface area contributed by atoms with E-state index >= 15 is 0 Å². The second kappa shape index (κ2) is 10.0. The summed E-state index contributed by atoms with van der Waals surface area (Å²) < 4.78 is 6.27. The Kier molecular flexibility index (Phi) is 8.07. The van der Waals surface area contributed by atoms with Gasteiger partial charge in [0, 0.05) is 13.1 Å². The van der Waals surface area contributed by atoms with E-state index in [2.05, 4.69) is 56.1 Å². The average Bonchev–Trinajstić information content (AvgIpc) is 2.83. The van der Waals surface area contributed by atoms with Crippen LogP contribution < -0.4 is 10.1 Å². The first kappa shape index (κ1) is 19.3. The molecule has 1 fully saturated rings. The minimum absolute atomic E-state index is 0.503. The van der Waals surface area contributed by atoms with Gasteiger partial charge in [0.2, 0.25) is 0 Å². The van der Waals surface area contributed by atoms with Gasteiger partial charge in [0.15, 0.2) is 0 Å². The van der Waals surface area contributed by atoms with Crippen molar-refractivity contribution in [3.8, 4) is 5.75 Å². The van der Waals surface area contributed by atoms with E-state index < -0.39 is 0 Å². The van der Waals surface area contributed by atoms with Crippen LogP contribution in [-0.4, -0.2) is 44.2 Å². The summed E-state index contributed by atoms with van der Waals surface area (Å²) in [6.45, 7) is 15.8. The van der Waals surface area contributed by atoms with Gasteiger partial charge in [-0.3, -0.25) is 0 Å². The Balaban J connectivity index is 1.82. The number of unbranched alkanes of at least 4 members (excludes halogenated alkanes) is 1. The molecule has 0 bridgehead atoms. The molecule has 3 heteroatoms. The molecular formula is C21H36N2O. The van der Waals surface area contributed by atoms with Crippen LogP contribution in [0.2, 0.25) is 0 Å². The van der Waals surface area contributed by atoms with E-state index in [0.29, 0.717) is 11.8 Å². The first-order valence-corrected chi connectivity index (χ1v) is 9.78. The van der Waals surface area contributed by atoms with Crippen LogP contribution >= 0.6 is 0 Å². The van der Waals surface area contributed by atoms with Gasteiger partial charge in [-0.25, -0.2) is 0 Å². The van der Waals surface area contributed by atoms with Crippen LogP contribution in [0, 0.1) is 0 Å². The van der Waals surface area contributed by atoms with E-state index in [1.54, 1.807) is 0 Å². The van der Waals surface area contributed by atoms with E-state index in [9.17, 15) is 0 Å². The lowest BCUT2D eigenvalue weighted by atomic mass is 9.94. The number of hydrogen-bond donors (Lipinski definition) is 1. The van der Waals surface area contributed by atoms with E-state index in [1.165, 1.54) is 50.1 Å². The van der Waals surface area contributed by atoms with Crippen molar-refractivity contribution in [3.05, 3.63) is 29.3 Å². The summed E-state index contributed by atoms with van der Waals surface area (Å²) in [5.74, 6) is 2.15. The van der Waals surface area contributed by atoms with E-state index in [1.807, 2.05) is 0 Å². The highest BCUT2D eigenvalue weighted by Crippen LogP contribution is 2.34. The molecule has 0 aliphatic carbocycles. The van der Waals surface area contributed by atoms with Crippen LogP contribution in [0.3, 0.4) is 0 Å². The third-order valence-corrected chi connectivity index (χ3v) is 4.87. The zero-order valence-electron chi connectivity index (χ0n) is 16.1. The number of nitrogens with zero attached hydrogens (tertiary/aromatic N) is 1. The Morgan fingerprint density at radius 3 is 2.38 bits per heavy atom. The maximum Gasteiger partial charge on any atom is 0.126 e. The summed E-state index contributed by atoms with van der Waals surface area (Å²) >= 11 is 0. The van der Waals surface area contributed by atoms with Gasteiger partial charge < -0.3 is 15.0 Å². The SMILES string of the molecule is CC(C)c1cccc(C(C)C)c1OCCCCN1CCCNCC1. The number of hydrogen-bond acceptors (Lipinski definition) is 3. The highest BCUT2D eigenvalue weighted by molar-refractivity contribution is 5.44. The van der Waals surface area contributed by atoms with Crippen LogP contribution in [0.1, 0.15) is 69.9 Å². The fraction of sp³-hybridized carbons (Fsp3) is 0.714. The quantitative estimate of drug-likeness (QED) is 0.715. The molecule has 1 saturated heterocycles. The standard InChI is InChI=1S/C21H36N2O/c1-17(2)19-9-7-10-20(18(3)4)21(19)24-16-6-5-13-23-14-8-11-22-12-15-23/h7,9-10,17-18,22H,5-6,8,11-16H2,1-4H3. The molecule has 0 saturated carbocycles. The van der Waals surface area contributed by atoms with Gasteiger partial charge in [0.05, 0.1) is 6.61 Å². The van der Waals surface area contributed by atoms with Gasteiger partial charge in [-0.1, -0.05) is 45.9 Å². The zero-order chi connectivity index (χ0) is 17.4. The Bertz CT molecular complexity index is 450. The first-order valence-electron chi connectivity index (χ1n) is 9.78. The van der Waals surface area contributed by atoms with Crippen molar-refractivity contribution in [1.82, 2.24) is 10.2 Å². The van der Waals surface area contributed by atoms with Crippen molar-refractivity contribution in [2.75, 3.05) is 39.3 Å². The first-order chi connectivity index (χ1) is 11.6. The fourth-order valence-electron chi connectivity index (χ4n) is 3.39. The molecule has 1 heterocycles. The third kappa shape index (κ3) is 5.78. The molecule has 0 unspecified atom stereocenters. The molecule has 0 radical (unpaired) electrons. The maximum absolute atomic E-state index is 6.27. The minimum atomic E-state index is 0.503. The maximum atomic E-state index is 6.27. The topological polar surface area (TPSA) is 24.5 Å². The number of nitrogens with one attached hydrogen (secondary N) is 1. The molecule has 2 rings (SSSR count). The van der Waals surface area contributed by atoms with Crippen molar-refractivity contribution < 1.29 is 4.74 Å². The molecule has 1 aromatic carbocycles.